The number of hydrogen-bond acceptors (Lipinski definition) is 5. The zero-order valence-corrected chi connectivity index (χ0v) is 9.84. The van der Waals surface area contributed by atoms with Gasteiger partial charge in [-0.05, 0) is 19.9 Å². The van der Waals surface area contributed by atoms with Crippen LogP contribution >= 0.6 is 12.2 Å². The molecule has 0 aliphatic carbocycles. The Bertz CT molecular complexity index is 434. The Balaban J connectivity index is 2.97. The zero-order chi connectivity index (χ0) is 12.3. The van der Waals surface area contributed by atoms with Crippen LogP contribution in [0.4, 0.5) is 5.95 Å². The number of anilines is 1. The third-order valence-corrected chi connectivity index (χ3v) is 2.09. The standard InChI is InChI=1S/C9H13N5OS/c1-4-3-6(8(11)16)14-9(12-4)13-5(2)7(10)15/h3,5H,1-2H3,(H2,10,15)(H2,11,16)(H,12,13,14). The fourth-order valence-electron chi connectivity index (χ4n) is 1.02. The molecule has 0 aromatic carbocycles. The van der Waals surface area contributed by atoms with Crippen molar-refractivity contribution in [2.45, 2.75) is 19.9 Å². The Morgan fingerprint density at radius 2 is 2.12 bits per heavy atom. The van der Waals surface area contributed by atoms with Crippen LogP contribution in [0.5, 0.6) is 0 Å². The molecule has 1 atom stereocenters. The lowest BCUT2D eigenvalue weighted by molar-refractivity contribution is -0.118. The van der Waals surface area contributed by atoms with Gasteiger partial charge in [0, 0.05) is 5.69 Å². The highest BCUT2D eigenvalue weighted by atomic mass is 32.1. The largest absolute Gasteiger partial charge is 0.388 e. The lowest BCUT2D eigenvalue weighted by atomic mass is 10.3. The molecule has 0 saturated carbocycles. The first kappa shape index (κ1) is 12.3. The third kappa shape index (κ3) is 3.13. The summed E-state index contributed by atoms with van der Waals surface area (Å²) >= 11 is 4.81. The monoisotopic (exact) mass is 239 g/mol. The maximum absolute atomic E-state index is 10.9. The van der Waals surface area contributed by atoms with E-state index in [2.05, 4.69) is 15.3 Å². The number of primary amides is 1. The minimum Gasteiger partial charge on any atom is -0.388 e. The van der Waals surface area contributed by atoms with E-state index in [0.717, 1.165) is 0 Å². The molecule has 0 saturated heterocycles. The molecule has 1 unspecified atom stereocenters. The molecule has 0 radical (unpaired) electrons. The van der Waals surface area contributed by atoms with E-state index >= 15 is 0 Å². The van der Waals surface area contributed by atoms with Crippen molar-refractivity contribution in [2.75, 3.05) is 5.32 Å². The molecule has 6 nitrogen and oxygen atoms in total. The van der Waals surface area contributed by atoms with Gasteiger partial charge < -0.3 is 16.8 Å². The number of aromatic nitrogens is 2. The summed E-state index contributed by atoms with van der Waals surface area (Å²) in [5, 5.41) is 2.77. The zero-order valence-electron chi connectivity index (χ0n) is 9.02. The van der Waals surface area contributed by atoms with E-state index in [-0.39, 0.29) is 10.9 Å². The Kier molecular flexibility index (Phi) is 3.73. The van der Waals surface area contributed by atoms with Crippen molar-refractivity contribution in [2.24, 2.45) is 11.5 Å². The fraction of sp³-hybridized carbons (Fsp3) is 0.333. The van der Waals surface area contributed by atoms with E-state index in [4.69, 9.17) is 23.7 Å². The lowest BCUT2D eigenvalue weighted by Gasteiger charge is -2.11. The Labute approximate surface area is 98.4 Å². The molecular weight excluding hydrogens is 226 g/mol. The van der Waals surface area contributed by atoms with E-state index in [1.807, 2.05) is 0 Å². The summed E-state index contributed by atoms with van der Waals surface area (Å²) in [6.45, 7) is 3.40. The number of thiocarbonyl (C=S) groups is 1. The molecular formula is C9H13N5OS. The molecule has 1 amide bonds. The summed E-state index contributed by atoms with van der Waals surface area (Å²) in [7, 11) is 0. The maximum atomic E-state index is 10.9. The minimum absolute atomic E-state index is 0.181. The molecule has 0 spiro atoms. The second-order valence-corrected chi connectivity index (χ2v) is 3.79. The number of carbonyl (C=O) groups excluding carboxylic acids is 1. The van der Waals surface area contributed by atoms with Gasteiger partial charge in [-0.3, -0.25) is 4.79 Å². The number of carbonyl (C=O) groups is 1. The number of nitrogens with zero attached hydrogens (tertiary/aromatic N) is 2. The predicted molar refractivity (Wildman–Crippen MR) is 64.9 cm³/mol. The third-order valence-electron chi connectivity index (χ3n) is 1.88. The highest BCUT2D eigenvalue weighted by molar-refractivity contribution is 7.80. The molecule has 5 N–H and O–H groups in total. The van der Waals surface area contributed by atoms with E-state index in [1.165, 1.54) is 0 Å². The van der Waals surface area contributed by atoms with Crippen molar-refractivity contribution in [3.05, 3.63) is 17.5 Å². The van der Waals surface area contributed by atoms with Gasteiger partial charge in [-0.2, -0.15) is 0 Å². The predicted octanol–water partition coefficient (Wildman–Crippen LogP) is -0.295. The van der Waals surface area contributed by atoms with E-state index in [0.29, 0.717) is 11.4 Å². The van der Waals surface area contributed by atoms with E-state index < -0.39 is 11.9 Å². The average Bonchev–Trinajstić information content (AvgIpc) is 2.16. The van der Waals surface area contributed by atoms with Crippen LogP contribution in [0.3, 0.4) is 0 Å². The van der Waals surface area contributed by atoms with Crippen LogP contribution in [0.2, 0.25) is 0 Å². The van der Waals surface area contributed by atoms with Gasteiger partial charge in [0.05, 0.1) is 0 Å². The average molecular weight is 239 g/mol. The van der Waals surface area contributed by atoms with Crippen LogP contribution in [0.15, 0.2) is 6.07 Å². The molecule has 86 valence electrons. The van der Waals surface area contributed by atoms with Crippen molar-refractivity contribution in [3.8, 4) is 0 Å². The molecule has 0 fully saturated rings. The van der Waals surface area contributed by atoms with Crippen molar-refractivity contribution < 1.29 is 4.79 Å². The minimum atomic E-state index is -0.555. The van der Waals surface area contributed by atoms with Crippen LogP contribution in [0.25, 0.3) is 0 Å². The smallest absolute Gasteiger partial charge is 0.239 e. The van der Waals surface area contributed by atoms with Crippen LogP contribution in [0.1, 0.15) is 18.3 Å². The summed E-state index contributed by atoms with van der Waals surface area (Å²) in [5.74, 6) is -0.198. The first-order valence-corrected chi connectivity index (χ1v) is 5.02. The fourth-order valence-corrected chi connectivity index (χ4v) is 1.13. The van der Waals surface area contributed by atoms with Crippen molar-refractivity contribution in [1.82, 2.24) is 9.97 Å². The molecule has 0 aliphatic heterocycles. The molecule has 1 aromatic rings. The molecule has 0 aliphatic rings. The van der Waals surface area contributed by atoms with Gasteiger partial charge in [-0.25, -0.2) is 9.97 Å². The second kappa shape index (κ2) is 4.84. The molecule has 1 rings (SSSR count). The first-order valence-electron chi connectivity index (χ1n) is 4.61. The number of rotatable bonds is 4. The summed E-state index contributed by atoms with van der Waals surface area (Å²) in [6.07, 6.45) is 0. The number of hydrogen-bond donors (Lipinski definition) is 3. The molecule has 7 heteroatoms. The molecule has 0 bridgehead atoms. The molecule has 1 heterocycles. The topological polar surface area (TPSA) is 107 Å². The van der Waals surface area contributed by atoms with Gasteiger partial charge in [-0.1, -0.05) is 12.2 Å². The highest BCUT2D eigenvalue weighted by Crippen LogP contribution is 2.06. The Morgan fingerprint density at radius 1 is 1.50 bits per heavy atom. The van der Waals surface area contributed by atoms with Crippen LogP contribution in [0, 0.1) is 6.92 Å². The van der Waals surface area contributed by atoms with Crippen molar-refractivity contribution in [3.63, 3.8) is 0 Å². The van der Waals surface area contributed by atoms with Crippen LogP contribution in [-0.2, 0) is 4.79 Å². The summed E-state index contributed by atoms with van der Waals surface area (Å²) in [6, 6.07) is 1.11. The van der Waals surface area contributed by atoms with Gasteiger partial charge >= 0.3 is 0 Å². The van der Waals surface area contributed by atoms with Gasteiger partial charge in [0.1, 0.15) is 16.7 Å². The number of nitrogens with one attached hydrogen (secondary N) is 1. The SMILES string of the molecule is Cc1cc(C(N)=S)nc(NC(C)C(N)=O)n1. The maximum Gasteiger partial charge on any atom is 0.239 e. The number of aryl methyl sites for hydroxylation is 1. The molecule has 1 aromatic heterocycles. The Morgan fingerprint density at radius 3 is 2.62 bits per heavy atom. The van der Waals surface area contributed by atoms with Gasteiger partial charge in [0.15, 0.2) is 0 Å². The first-order chi connectivity index (χ1) is 7.40. The highest BCUT2D eigenvalue weighted by Gasteiger charge is 2.11. The van der Waals surface area contributed by atoms with E-state index in [1.54, 1.807) is 19.9 Å². The Hall–Kier alpha value is -1.76. The van der Waals surface area contributed by atoms with Gasteiger partial charge in [-0.15, -0.1) is 0 Å². The summed E-state index contributed by atoms with van der Waals surface area (Å²) in [4.78, 5) is 19.2. The van der Waals surface area contributed by atoms with Crippen LogP contribution in [-0.4, -0.2) is 26.9 Å². The van der Waals surface area contributed by atoms with Gasteiger partial charge in [0.2, 0.25) is 11.9 Å². The number of nitrogens with two attached hydrogens (primary N) is 2. The van der Waals surface area contributed by atoms with Gasteiger partial charge in [0.25, 0.3) is 0 Å². The number of amides is 1. The molecule has 16 heavy (non-hydrogen) atoms. The van der Waals surface area contributed by atoms with Crippen molar-refractivity contribution in [1.29, 1.82) is 0 Å². The summed E-state index contributed by atoms with van der Waals surface area (Å²) in [5.41, 5.74) is 11.7. The lowest BCUT2D eigenvalue weighted by Crippen LogP contribution is -2.33. The van der Waals surface area contributed by atoms with E-state index in [9.17, 15) is 4.79 Å². The summed E-state index contributed by atoms with van der Waals surface area (Å²) < 4.78 is 0. The van der Waals surface area contributed by atoms with Crippen molar-refractivity contribution >= 4 is 29.1 Å². The quantitative estimate of drug-likeness (QED) is 0.623. The second-order valence-electron chi connectivity index (χ2n) is 3.35. The van der Waals surface area contributed by atoms with Crippen LogP contribution < -0.4 is 16.8 Å². The normalized spacial score (nSPS) is 11.9.